The molecule has 0 saturated carbocycles. The molecule has 0 radical (unpaired) electrons. The molecule has 4 rings (SSSR count). The second-order valence-corrected chi connectivity index (χ2v) is 7.85. The van der Waals surface area contributed by atoms with Gasteiger partial charge in [-0.15, -0.1) is 0 Å². The third-order valence-electron chi connectivity index (χ3n) is 5.06. The van der Waals surface area contributed by atoms with Gasteiger partial charge in [-0.05, 0) is 54.4 Å². The number of aromatic nitrogens is 4. The monoisotopic (exact) mass is 446 g/mol. The van der Waals surface area contributed by atoms with E-state index >= 15 is 0 Å². The molecule has 2 heterocycles. The summed E-state index contributed by atoms with van der Waals surface area (Å²) in [5.74, 6) is 1.49. The zero-order valence-electron chi connectivity index (χ0n) is 18.2. The number of anilines is 2. The van der Waals surface area contributed by atoms with Gasteiger partial charge < -0.3 is 15.4 Å². The summed E-state index contributed by atoms with van der Waals surface area (Å²) >= 11 is 5.41. The molecule has 0 aliphatic carbocycles. The second kappa shape index (κ2) is 10.1. The van der Waals surface area contributed by atoms with Crippen molar-refractivity contribution in [2.75, 3.05) is 10.6 Å². The summed E-state index contributed by atoms with van der Waals surface area (Å²) in [6, 6.07) is 18.3. The Morgan fingerprint density at radius 3 is 2.62 bits per heavy atom. The van der Waals surface area contributed by atoms with Gasteiger partial charge in [-0.2, -0.15) is 10.2 Å². The Bertz CT molecular complexity index is 1180. The third-order valence-corrected chi connectivity index (χ3v) is 5.27. The highest BCUT2D eigenvalue weighted by molar-refractivity contribution is 7.80. The molecule has 32 heavy (non-hydrogen) atoms. The second-order valence-electron chi connectivity index (χ2n) is 7.44. The summed E-state index contributed by atoms with van der Waals surface area (Å²) in [4.78, 5) is 0. The lowest BCUT2D eigenvalue weighted by Crippen LogP contribution is -2.19. The van der Waals surface area contributed by atoms with E-state index in [2.05, 4.69) is 58.9 Å². The Hall–Kier alpha value is -3.65. The molecule has 0 atom stereocenters. The molecule has 4 aromatic rings. The van der Waals surface area contributed by atoms with Gasteiger partial charge in [-0.25, -0.2) is 4.68 Å². The van der Waals surface area contributed by atoms with E-state index in [0.29, 0.717) is 24.2 Å². The van der Waals surface area contributed by atoms with Crippen LogP contribution in [0.25, 0.3) is 0 Å². The van der Waals surface area contributed by atoms with Crippen molar-refractivity contribution in [3.8, 4) is 5.75 Å². The number of nitrogens with zero attached hydrogens (tertiary/aromatic N) is 4. The first-order valence-electron chi connectivity index (χ1n) is 10.5. The molecule has 0 aliphatic rings. The van der Waals surface area contributed by atoms with Gasteiger partial charge in [0.25, 0.3) is 0 Å². The molecule has 0 saturated heterocycles. The number of hydrogen-bond acceptors (Lipinski definition) is 4. The number of thiocarbonyl (C=S) groups is 1. The van der Waals surface area contributed by atoms with E-state index in [1.54, 1.807) is 10.9 Å². The molecule has 0 fully saturated rings. The van der Waals surface area contributed by atoms with E-state index in [0.717, 1.165) is 17.9 Å². The number of aryl methyl sites for hydroxylation is 2. The molecule has 0 spiro atoms. The van der Waals surface area contributed by atoms with Crippen LogP contribution in [0.1, 0.15) is 23.6 Å². The van der Waals surface area contributed by atoms with Crippen LogP contribution in [0.5, 0.6) is 5.75 Å². The van der Waals surface area contributed by atoms with Crippen molar-refractivity contribution in [2.24, 2.45) is 0 Å². The normalized spacial score (nSPS) is 10.7. The average molecular weight is 447 g/mol. The summed E-state index contributed by atoms with van der Waals surface area (Å²) in [6.45, 7) is 5.26. The van der Waals surface area contributed by atoms with E-state index < -0.39 is 0 Å². The van der Waals surface area contributed by atoms with Crippen molar-refractivity contribution in [2.45, 2.75) is 33.5 Å². The maximum Gasteiger partial charge on any atom is 0.180 e. The summed E-state index contributed by atoms with van der Waals surface area (Å²) in [7, 11) is 0. The largest absolute Gasteiger partial charge is 0.471 e. The fraction of sp³-hybridized carbons (Fsp3) is 0.208. The minimum atomic E-state index is 0.316. The fourth-order valence-corrected chi connectivity index (χ4v) is 3.44. The molecule has 0 aliphatic heterocycles. The Labute approximate surface area is 193 Å². The quantitative estimate of drug-likeness (QED) is 0.377. The van der Waals surface area contributed by atoms with E-state index in [1.807, 2.05) is 47.4 Å². The summed E-state index contributed by atoms with van der Waals surface area (Å²) < 4.78 is 9.37. The number of ether oxygens (including phenoxy) is 1. The Morgan fingerprint density at radius 2 is 1.84 bits per heavy atom. The van der Waals surface area contributed by atoms with Gasteiger partial charge >= 0.3 is 0 Å². The van der Waals surface area contributed by atoms with Gasteiger partial charge in [-0.1, -0.05) is 43.3 Å². The molecule has 0 bridgehead atoms. The smallest absolute Gasteiger partial charge is 0.180 e. The SMILES string of the molecule is CCc1ccc(OCn2cc(NC(=S)Nc3ccn(Cc4ccccc4C)n3)cn2)cc1. The van der Waals surface area contributed by atoms with Crippen LogP contribution in [-0.2, 0) is 19.7 Å². The summed E-state index contributed by atoms with van der Waals surface area (Å²) in [6.07, 6.45) is 6.48. The van der Waals surface area contributed by atoms with Gasteiger partial charge in [0.15, 0.2) is 17.7 Å². The molecule has 0 unspecified atom stereocenters. The highest BCUT2D eigenvalue weighted by atomic mass is 32.1. The molecule has 164 valence electrons. The van der Waals surface area contributed by atoms with Crippen LogP contribution >= 0.6 is 12.2 Å². The number of benzene rings is 2. The Morgan fingerprint density at radius 1 is 1.03 bits per heavy atom. The van der Waals surface area contributed by atoms with Crippen molar-refractivity contribution in [1.29, 1.82) is 0 Å². The number of rotatable bonds is 8. The molecular weight excluding hydrogens is 420 g/mol. The van der Waals surface area contributed by atoms with Gasteiger partial charge in [-0.3, -0.25) is 4.68 Å². The maximum atomic E-state index is 5.78. The van der Waals surface area contributed by atoms with Crippen LogP contribution in [0.15, 0.2) is 73.2 Å². The molecule has 2 N–H and O–H groups in total. The zero-order valence-corrected chi connectivity index (χ0v) is 19.0. The van der Waals surface area contributed by atoms with Crippen molar-refractivity contribution >= 4 is 28.8 Å². The van der Waals surface area contributed by atoms with Crippen LogP contribution in [-0.4, -0.2) is 24.7 Å². The van der Waals surface area contributed by atoms with Crippen molar-refractivity contribution in [3.05, 3.63) is 89.9 Å². The predicted molar refractivity (Wildman–Crippen MR) is 131 cm³/mol. The molecular formula is C24H26N6OS. The molecule has 0 amide bonds. The van der Waals surface area contributed by atoms with Gasteiger partial charge in [0.05, 0.1) is 24.6 Å². The van der Waals surface area contributed by atoms with Gasteiger partial charge in [0, 0.05) is 12.3 Å². The van der Waals surface area contributed by atoms with Crippen LogP contribution in [0.2, 0.25) is 0 Å². The summed E-state index contributed by atoms with van der Waals surface area (Å²) in [5.41, 5.74) is 4.53. The first-order valence-corrected chi connectivity index (χ1v) is 10.9. The van der Waals surface area contributed by atoms with Gasteiger partial charge in [0.2, 0.25) is 0 Å². The van der Waals surface area contributed by atoms with Crippen molar-refractivity contribution in [1.82, 2.24) is 19.6 Å². The first kappa shape index (κ1) is 21.6. The lowest BCUT2D eigenvalue weighted by atomic mass is 10.1. The average Bonchev–Trinajstić information content (AvgIpc) is 3.43. The molecule has 2 aromatic carbocycles. The van der Waals surface area contributed by atoms with E-state index in [9.17, 15) is 0 Å². The van der Waals surface area contributed by atoms with Crippen LogP contribution in [0.3, 0.4) is 0 Å². The lowest BCUT2D eigenvalue weighted by Gasteiger charge is -2.08. The van der Waals surface area contributed by atoms with Crippen molar-refractivity contribution in [3.63, 3.8) is 0 Å². The molecule has 2 aromatic heterocycles. The summed E-state index contributed by atoms with van der Waals surface area (Å²) in [5, 5.41) is 15.5. The highest BCUT2D eigenvalue weighted by Gasteiger charge is 2.06. The van der Waals surface area contributed by atoms with Crippen molar-refractivity contribution < 1.29 is 4.74 Å². The fourth-order valence-electron chi connectivity index (χ4n) is 3.22. The zero-order chi connectivity index (χ0) is 22.3. The number of hydrogen-bond donors (Lipinski definition) is 2. The molecule has 8 heteroatoms. The number of nitrogens with one attached hydrogen (secondary N) is 2. The molecule has 7 nitrogen and oxygen atoms in total. The Balaban J connectivity index is 1.27. The van der Waals surface area contributed by atoms with Gasteiger partial charge in [0.1, 0.15) is 5.75 Å². The van der Waals surface area contributed by atoms with E-state index in [-0.39, 0.29) is 0 Å². The van der Waals surface area contributed by atoms with Crippen LogP contribution < -0.4 is 15.4 Å². The third kappa shape index (κ3) is 5.73. The maximum absolute atomic E-state index is 5.78. The standard InChI is InChI=1S/C24H26N6OS/c1-3-19-8-10-22(11-9-19)31-17-30-16-21(14-25-30)26-24(32)27-23-12-13-29(28-23)15-20-7-5-4-6-18(20)2/h4-14,16H,3,15,17H2,1-2H3,(H2,26,27,28,32). The lowest BCUT2D eigenvalue weighted by molar-refractivity contribution is 0.221. The van der Waals surface area contributed by atoms with E-state index in [4.69, 9.17) is 17.0 Å². The highest BCUT2D eigenvalue weighted by Crippen LogP contribution is 2.14. The predicted octanol–water partition coefficient (Wildman–Crippen LogP) is 4.84. The van der Waals surface area contributed by atoms with Crippen LogP contribution in [0, 0.1) is 6.92 Å². The minimum absolute atomic E-state index is 0.316. The minimum Gasteiger partial charge on any atom is -0.471 e. The Kier molecular flexibility index (Phi) is 6.81. The topological polar surface area (TPSA) is 68.9 Å². The van der Waals surface area contributed by atoms with E-state index in [1.165, 1.54) is 16.7 Å². The van der Waals surface area contributed by atoms with Crippen LogP contribution in [0.4, 0.5) is 11.5 Å². The first-order chi connectivity index (χ1) is 15.6.